The lowest BCUT2D eigenvalue weighted by atomic mass is 9.76. The maximum atomic E-state index is 5.46. The molecule has 1 fully saturated rings. The van der Waals surface area contributed by atoms with Crippen molar-refractivity contribution in [2.24, 2.45) is 11.8 Å². The zero-order valence-electron chi connectivity index (χ0n) is 8.14. The molecule has 0 radical (unpaired) electrons. The third kappa shape index (κ3) is 1.91. The minimum Gasteiger partial charge on any atom is -0.115 e. The molecule has 0 amide bonds. The SMILES string of the molecule is C#CC(=CC)C1CCCCC1C. The zero-order chi connectivity index (χ0) is 8.97. The Morgan fingerprint density at radius 1 is 1.42 bits per heavy atom. The first-order valence-corrected chi connectivity index (χ1v) is 4.92. The number of rotatable bonds is 1. The van der Waals surface area contributed by atoms with E-state index in [0.29, 0.717) is 5.92 Å². The van der Waals surface area contributed by atoms with Crippen LogP contribution >= 0.6 is 0 Å². The molecule has 0 bridgehead atoms. The van der Waals surface area contributed by atoms with E-state index in [1.807, 2.05) is 0 Å². The van der Waals surface area contributed by atoms with Gasteiger partial charge in [-0.3, -0.25) is 0 Å². The van der Waals surface area contributed by atoms with Crippen LogP contribution in [0.2, 0.25) is 0 Å². The standard InChI is InChI=1S/C12H18/c1-4-11(5-2)12-9-7-6-8-10(12)3/h1,5,10,12H,6-9H2,2-3H3. The van der Waals surface area contributed by atoms with Gasteiger partial charge >= 0.3 is 0 Å². The summed E-state index contributed by atoms with van der Waals surface area (Å²) in [4.78, 5) is 0. The van der Waals surface area contributed by atoms with Gasteiger partial charge in [0.1, 0.15) is 0 Å². The van der Waals surface area contributed by atoms with Crippen LogP contribution in [0, 0.1) is 24.2 Å². The second-order valence-electron chi connectivity index (χ2n) is 3.76. The average Bonchev–Trinajstić information content (AvgIpc) is 2.10. The van der Waals surface area contributed by atoms with Crippen molar-refractivity contribution in [3.8, 4) is 12.3 Å². The van der Waals surface area contributed by atoms with Gasteiger partial charge in [0.05, 0.1) is 0 Å². The first kappa shape index (κ1) is 9.39. The minimum absolute atomic E-state index is 0.675. The summed E-state index contributed by atoms with van der Waals surface area (Å²) in [5.74, 6) is 4.28. The monoisotopic (exact) mass is 162 g/mol. The molecule has 0 aromatic rings. The van der Waals surface area contributed by atoms with E-state index in [0.717, 1.165) is 5.92 Å². The van der Waals surface area contributed by atoms with Crippen molar-refractivity contribution < 1.29 is 0 Å². The van der Waals surface area contributed by atoms with Gasteiger partial charge in [-0.25, -0.2) is 0 Å². The smallest absolute Gasteiger partial charge is 0.000858 e. The van der Waals surface area contributed by atoms with Gasteiger partial charge in [-0.05, 0) is 25.2 Å². The molecule has 0 spiro atoms. The molecule has 0 heteroatoms. The third-order valence-electron chi connectivity index (χ3n) is 2.99. The van der Waals surface area contributed by atoms with Crippen molar-refractivity contribution >= 4 is 0 Å². The number of hydrogen-bond acceptors (Lipinski definition) is 0. The number of terminal acetylenes is 1. The van der Waals surface area contributed by atoms with E-state index < -0.39 is 0 Å². The van der Waals surface area contributed by atoms with Crippen LogP contribution in [-0.2, 0) is 0 Å². The highest BCUT2D eigenvalue weighted by atomic mass is 14.3. The molecule has 0 aromatic carbocycles. The molecule has 0 aliphatic heterocycles. The Balaban J connectivity index is 2.66. The van der Waals surface area contributed by atoms with Crippen molar-refractivity contribution in [1.82, 2.24) is 0 Å². The van der Waals surface area contributed by atoms with E-state index in [1.165, 1.54) is 31.3 Å². The Hall–Kier alpha value is -0.700. The van der Waals surface area contributed by atoms with Crippen LogP contribution in [0.15, 0.2) is 11.6 Å². The topological polar surface area (TPSA) is 0 Å². The molecule has 0 N–H and O–H groups in total. The Bertz CT molecular complexity index is 205. The van der Waals surface area contributed by atoms with Gasteiger partial charge in [0.2, 0.25) is 0 Å². The largest absolute Gasteiger partial charge is 0.115 e. The van der Waals surface area contributed by atoms with E-state index in [1.54, 1.807) is 0 Å². The fourth-order valence-electron chi connectivity index (χ4n) is 2.18. The van der Waals surface area contributed by atoms with Crippen molar-refractivity contribution in [2.45, 2.75) is 39.5 Å². The lowest BCUT2D eigenvalue weighted by Gasteiger charge is -2.28. The van der Waals surface area contributed by atoms with Crippen molar-refractivity contribution in [3.63, 3.8) is 0 Å². The normalized spacial score (nSPS) is 31.2. The Morgan fingerprint density at radius 2 is 2.08 bits per heavy atom. The number of allylic oxidation sites excluding steroid dienone is 2. The first-order valence-electron chi connectivity index (χ1n) is 4.92. The lowest BCUT2D eigenvalue weighted by molar-refractivity contribution is 0.298. The molecule has 12 heavy (non-hydrogen) atoms. The molecule has 1 aliphatic carbocycles. The second kappa shape index (κ2) is 4.36. The fourth-order valence-corrected chi connectivity index (χ4v) is 2.18. The molecule has 1 rings (SSSR count). The Kier molecular flexibility index (Phi) is 3.41. The van der Waals surface area contributed by atoms with Gasteiger partial charge in [-0.2, -0.15) is 0 Å². The molecule has 0 saturated heterocycles. The summed E-state index contributed by atoms with van der Waals surface area (Å²) in [6.45, 7) is 4.38. The van der Waals surface area contributed by atoms with Crippen LogP contribution in [0.3, 0.4) is 0 Å². The summed E-state index contributed by atoms with van der Waals surface area (Å²) >= 11 is 0. The molecule has 0 aromatic heterocycles. The van der Waals surface area contributed by atoms with Gasteiger partial charge in [-0.1, -0.05) is 38.2 Å². The summed E-state index contributed by atoms with van der Waals surface area (Å²) in [6, 6.07) is 0. The summed E-state index contributed by atoms with van der Waals surface area (Å²) in [5.41, 5.74) is 1.22. The quantitative estimate of drug-likeness (QED) is 0.518. The highest BCUT2D eigenvalue weighted by Gasteiger charge is 2.22. The zero-order valence-corrected chi connectivity index (χ0v) is 8.14. The summed E-state index contributed by atoms with van der Waals surface area (Å²) in [6.07, 6.45) is 13.0. The molecule has 2 atom stereocenters. The molecule has 1 saturated carbocycles. The highest BCUT2D eigenvalue weighted by Crippen LogP contribution is 2.34. The van der Waals surface area contributed by atoms with E-state index >= 15 is 0 Å². The maximum absolute atomic E-state index is 5.46. The summed E-state index contributed by atoms with van der Waals surface area (Å²) in [7, 11) is 0. The average molecular weight is 162 g/mol. The maximum Gasteiger partial charge on any atom is 0.000858 e. The number of hydrogen-bond donors (Lipinski definition) is 0. The molecule has 66 valence electrons. The fraction of sp³-hybridized carbons (Fsp3) is 0.667. The minimum atomic E-state index is 0.675. The highest BCUT2D eigenvalue weighted by molar-refractivity contribution is 5.28. The molecule has 0 nitrogen and oxygen atoms in total. The van der Waals surface area contributed by atoms with Gasteiger partial charge in [0.15, 0.2) is 0 Å². The van der Waals surface area contributed by atoms with Crippen molar-refractivity contribution in [3.05, 3.63) is 11.6 Å². The van der Waals surface area contributed by atoms with E-state index in [9.17, 15) is 0 Å². The van der Waals surface area contributed by atoms with Crippen molar-refractivity contribution in [2.75, 3.05) is 0 Å². The molecular formula is C12H18. The van der Waals surface area contributed by atoms with Gasteiger partial charge in [0.25, 0.3) is 0 Å². The Morgan fingerprint density at radius 3 is 2.58 bits per heavy atom. The molecular weight excluding hydrogens is 144 g/mol. The van der Waals surface area contributed by atoms with Crippen LogP contribution in [0.1, 0.15) is 39.5 Å². The van der Waals surface area contributed by atoms with Crippen LogP contribution in [0.4, 0.5) is 0 Å². The third-order valence-corrected chi connectivity index (χ3v) is 2.99. The summed E-state index contributed by atoms with van der Waals surface area (Å²) < 4.78 is 0. The lowest BCUT2D eigenvalue weighted by Crippen LogP contribution is -2.18. The molecule has 2 unspecified atom stereocenters. The van der Waals surface area contributed by atoms with E-state index in [2.05, 4.69) is 25.8 Å². The van der Waals surface area contributed by atoms with Crippen molar-refractivity contribution in [1.29, 1.82) is 0 Å². The van der Waals surface area contributed by atoms with Gasteiger partial charge in [0, 0.05) is 5.57 Å². The molecule has 0 heterocycles. The predicted molar refractivity (Wildman–Crippen MR) is 53.7 cm³/mol. The van der Waals surface area contributed by atoms with Crippen LogP contribution in [-0.4, -0.2) is 0 Å². The molecule has 1 aliphatic rings. The van der Waals surface area contributed by atoms with Gasteiger partial charge in [-0.15, -0.1) is 6.42 Å². The Labute approximate surface area is 76.1 Å². The van der Waals surface area contributed by atoms with E-state index in [4.69, 9.17) is 6.42 Å². The van der Waals surface area contributed by atoms with Crippen LogP contribution < -0.4 is 0 Å². The second-order valence-corrected chi connectivity index (χ2v) is 3.76. The van der Waals surface area contributed by atoms with Gasteiger partial charge < -0.3 is 0 Å². The predicted octanol–water partition coefficient (Wildman–Crippen LogP) is 3.39. The first-order chi connectivity index (χ1) is 5.79. The summed E-state index contributed by atoms with van der Waals surface area (Å²) in [5, 5.41) is 0. The van der Waals surface area contributed by atoms with Crippen LogP contribution in [0.25, 0.3) is 0 Å². The van der Waals surface area contributed by atoms with E-state index in [-0.39, 0.29) is 0 Å². The van der Waals surface area contributed by atoms with Crippen LogP contribution in [0.5, 0.6) is 0 Å².